The highest BCUT2D eigenvalue weighted by Gasteiger charge is 2.15. The number of nitrogens with zero attached hydrogens (tertiary/aromatic N) is 1. The van der Waals surface area contributed by atoms with Crippen LogP contribution < -0.4 is 15.4 Å². The molecule has 0 atom stereocenters. The van der Waals surface area contributed by atoms with Crippen LogP contribution in [0.25, 0.3) is 11.0 Å². The standard InChI is InChI=1S/C21H14ClN3O3S/c22-19-16-12-18(28-17(16)9-10-23-19)20(26)25-21(29)24-13-5-4-8-15(11-13)27-14-6-2-1-3-7-14/h1-12H,(H2,24,25,26,29). The molecule has 6 nitrogen and oxygen atoms in total. The Balaban J connectivity index is 1.42. The molecule has 4 aromatic rings. The number of pyridine rings is 1. The van der Waals surface area contributed by atoms with E-state index in [2.05, 4.69) is 15.6 Å². The first-order valence-corrected chi connectivity index (χ1v) is 9.36. The van der Waals surface area contributed by atoms with E-state index in [0.717, 1.165) is 5.75 Å². The highest BCUT2D eigenvalue weighted by Crippen LogP contribution is 2.25. The van der Waals surface area contributed by atoms with Crippen molar-refractivity contribution in [2.45, 2.75) is 0 Å². The third-order valence-corrected chi connectivity index (χ3v) is 4.42. The fourth-order valence-electron chi connectivity index (χ4n) is 2.63. The number of rotatable bonds is 4. The van der Waals surface area contributed by atoms with Crippen LogP contribution in [0.4, 0.5) is 5.69 Å². The molecule has 0 spiro atoms. The van der Waals surface area contributed by atoms with E-state index in [4.69, 9.17) is 33.0 Å². The maximum atomic E-state index is 12.4. The van der Waals surface area contributed by atoms with Crippen molar-refractivity contribution in [2.75, 3.05) is 5.32 Å². The molecule has 0 aliphatic heterocycles. The number of furan rings is 1. The number of amides is 1. The van der Waals surface area contributed by atoms with Crippen LogP contribution in [0.5, 0.6) is 11.5 Å². The average molecular weight is 424 g/mol. The van der Waals surface area contributed by atoms with Gasteiger partial charge in [-0.1, -0.05) is 35.9 Å². The third kappa shape index (κ3) is 4.53. The SMILES string of the molecule is O=C(NC(=S)Nc1cccc(Oc2ccccc2)c1)c1cc2c(Cl)nccc2o1. The molecule has 0 unspecified atom stereocenters. The van der Waals surface area contributed by atoms with Gasteiger partial charge in [-0.15, -0.1) is 0 Å². The Morgan fingerprint density at radius 2 is 1.83 bits per heavy atom. The van der Waals surface area contributed by atoms with E-state index in [1.54, 1.807) is 12.1 Å². The van der Waals surface area contributed by atoms with Gasteiger partial charge in [0.1, 0.15) is 22.2 Å². The maximum Gasteiger partial charge on any atom is 0.293 e. The highest BCUT2D eigenvalue weighted by atomic mass is 35.5. The normalized spacial score (nSPS) is 10.5. The van der Waals surface area contributed by atoms with Crippen LogP contribution in [-0.2, 0) is 0 Å². The number of thiocarbonyl (C=S) groups is 1. The van der Waals surface area contributed by atoms with Crippen molar-refractivity contribution in [2.24, 2.45) is 0 Å². The van der Waals surface area contributed by atoms with Gasteiger partial charge in [0.2, 0.25) is 0 Å². The number of aromatic nitrogens is 1. The van der Waals surface area contributed by atoms with Crippen LogP contribution in [0.3, 0.4) is 0 Å². The summed E-state index contributed by atoms with van der Waals surface area (Å²) in [5.41, 5.74) is 1.14. The molecule has 0 aliphatic rings. The van der Waals surface area contributed by atoms with Gasteiger partial charge in [-0.2, -0.15) is 0 Å². The Morgan fingerprint density at radius 1 is 1.03 bits per heavy atom. The molecule has 2 aromatic heterocycles. The van der Waals surface area contributed by atoms with E-state index in [9.17, 15) is 4.79 Å². The molecule has 0 fully saturated rings. The summed E-state index contributed by atoms with van der Waals surface area (Å²) >= 11 is 11.2. The van der Waals surface area contributed by atoms with Gasteiger partial charge in [0.25, 0.3) is 5.91 Å². The number of carbonyl (C=O) groups is 1. The molecule has 144 valence electrons. The van der Waals surface area contributed by atoms with Crippen molar-refractivity contribution in [1.82, 2.24) is 10.3 Å². The smallest absolute Gasteiger partial charge is 0.293 e. The van der Waals surface area contributed by atoms with Gasteiger partial charge in [0.15, 0.2) is 10.9 Å². The number of nitrogens with one attached hydrogen (secondary N) is 2. The average Bonchev–Trinajstić information content (AvgIpc) is 3.15. The molecule has 0 radical (unpaired) electrons. The van der Waals surface area contributed by atoms with Crippen molar-refractivity contribution in [3.63, 3.8) is 0 Å². The number of ether oxygens (including phenoxy) is 1. The molecule has 4 rings (SSSR count). The predicted octanol–water partition coefficient (Wildman–Crippen LogP) is 5.40. The van der Waals surface area contributed by atoms with Crippen LogP contribution in [-0.4, -0.2) is 16.0 Å². The lowest BCUT2D eigenvalue weighted by molar-refractivity contribution is 0.0953. The highest BCUT2D eigenvalue weighted by molar-refractivity contribution is 7.80. The van der Waals surface area contributed by atoms with Gasteiger partial charge < -0.3 is 14.5 Å². The van der Waals surface area contributed by atoms with Crippen LogP contribution in [0.1, 0.15) is 10.6 Å². The molecule has 1 amide bonds. The topological polar surface area (TPSA) is 76.4 Å². The summed E-state index contributed by atoms with van der Waals surface area (Å²) in [6.45, 7) is 0. The molecule has 0 aliphatic carbocycles. The minimum atomic E-state index is -0.494. The predicted molar refractivity (Wildman–Crippen MR) is 116 cm³/mol. The van der Waals surface area contributed by atoms with Gasteiger partial charge in [-0.25, -0.2) is 4.98 Å². The van der Waals surface area contributed by atoms with Crippen molar-refractivity contribution in [3.8, 4) is 11.5 Å². The lowest BCUT2D eigenvalue weighted by atomic mass is 10.3. The first-order valence-electron chi connectivity index (χ1n) is 8.58. The van der Waals surface area contributed by atoms with Crippen molar-refractivity contribution in [3.05, 3.63) is 83.8 Å². The lowest BCUT2D eigenvalue weighted by Crippen LogP contribution is -2.33. The fourth-order valence-corrected chi connectivity index (χ4v) is 3.05. The number of para-hydroxylation sites is 1. The summed E-state index contributed by atoms with van der Waals surface area (Å²) in [5, 5.41) is 6.48. The second-order valence-corrected chi connectivity index (χ2v) is 6.74. The second-order valence-electron chi connectivity index (χ2n) is 5.98. The van der Waals surface area contributed by atoms with Crippen LogP contribution in [0.2, 0.25) is 5.15 Å². The van der Waals surface area contributed by atoms with Crippen molar-refractivity contribution >= 4 is 51.5 Å². The van der Waals surface area contributed by atoms with Crippen molar-refractivity contribution in [1.29, 1.82) is 0 Å². The summed E-state index contributed by atoms with van der Waals surface area (Å²) in [7, 11) is 0. The molecule has 0 saturated heterocycles. The molecule has 2 N–H and O–H groups in total. The monoisotopic (exact) mass is 423 g/mol. The number of hydrogen-bond acceptors (Lipinski definition) is 5. The van der Waals surface area contributed by atoms with E-state index >= 15 is 0 Å². The molecule has 29 heavy (non-hydrogen) atoms. The van der Waals surface area contributed by atoms with Crippen molar-refractivity contribution < 1.29 is 13.9 Å². The van der Waals surface area contributed by atoms with E-state index < -0.39 is 5.91 Å². The van der Waals surface area contributed by atoms with Gasteiger partial charge in [-0.05, 0) is 42.5 Å². The van der Waals surface area contributed by atoms with Gasteiger partial charge in [0.05, 0.1) is 5.39 Å². The zero-order valence-corrected chi connectivity index (χ0v) is 16.5. The largest absolute Gasteiger partial charge is 0.457 e. The molecule has 2 aromatic carbocycles. The van der Waals surface area contributed by atoms with Crippen LogP contribution >= 0.6 is 23.8 Å². The zero-order chi connectivity index (χ0) is 20.2. The third-order valence-electron chi connectivity index (χ3n) is 3.92. The van der Waals surface area contributed by atoms with E-state index in [-0.39, 0.29) is 16.0 Å². The Hall–Kier alpha value is -3.42. The van der Waals surface area contributed by atoms with E-state index in [1.807, 2.05) is 48.5 Å². The first-order chi connectivity index (χ1) is 14.1. The summed E-state index contributed by atoms with van der Waals surface area (Å²) < 4.78 is 11.3. The summed E-state index contributed by atoms with van der Waals surface area (Å²) in [6.07, 6.45) is 1.51. The molecule has 2 heterocycles. The molecule has 8 heteroatoms. The number of carbonyl (C=O) groups excluding carboxylic acids is 1. The zero-order valence-electron chi connectivity index (χ0n) is 14.9. The molecule has 0 bridgehead atoms. The summed E-state index contributed by atoms with van der Waals surface area (Å²) in [4.78, 5) is 16.4. The van der Waals surface area contributed by atoms with Gasteiger partial charge in [0, 0.05) is 24.0 Å². The number of fused-ring (bicyclic) bond motifs is 1. The van der Waals surface area contributed by atoms with Crippen LogP contribution in [0, 0.1) is 0 Å². The quantitative estimate of drug-likeness (QED) is 0.338. The van der Waals surface area contributed by atoms with E-state index in [0.29, 0.717) is 22.4 Å². The van der Waals surface area contributed by atoms with Gasteiger partial charge in [-0.3, -0.25) is 10.1 Å². The van der Waals surface area contributed by atoms with Gasteiger partial charge >= 0.3 is 0 Å². The lowest BCUT2D eigenvalue weighted by Gasteiger charge is -2.10. The summed E-state index contributed by atoms with van der Waals surface area (Å²) in [5.74, 6) is 0.944. The number of hydrogen-bond donors (Lipinski definition) is 2. The maximum absolute atomic E-state index is 12.4. The van der Waals surface area contributed by atoms with Crippen LogP contribution in [0.15, 0.2) is 77.3 Å². The number of halogens is 1. The minimum absolute atomic E-state index is 0.0835. The second kappa shape index (κ2) is 8.30. The summed E-state index contributed by atoms with van der Waals surface area (Å²) in [6, 6.07) is 19.8. The number of anilines is 1. The number of benzene rings is 2. The Bertz CT molecular complexity index is 1190. The Labute approximate surface area is 176 Å². The minimum Gasteiger partial charge on any atom is -0.457 e. The first kappa shape index (κ1) is 18.9. The molecular formula is C21H14ClN3O3S. The van der Waals surface area contributed by atoms with E-state index in [1.165, 1.54) is 12.3 Å². The Morgan fingerprint density at radius 3 is 2.62 bits per heavy atom. The molecule has 0 saturated carbocycles. The Kier molecular flexibility index (Phi) is 5.41. The fraction of sp³-hybridized carbons (Fsp3) is 0. The molecular weight excluding hydrogens is 410 g/mol.